The highest BCUT2D eigenvalue weighted by molar-refractivity contribution is 5.84. The Kier molecular flexibility index (Phi) is 4.45. The molecule has 2 aromatic carbocycles. The van der Waals surface area contributed by atoms with Gasteiger partial charge in [0.25, 0.3) is 0 Å². The lowest BCUT2D eigenvalue weighted by atomic mass is 9.86. The molecule has 0 atom stereocenters. The minimum Gasteiger partial charge on any atom is -0.166 e. The lowest BCUT2D eigenvalue weighted by Crippen LogP contribution is -2.11. The summed E-state index contributed by atoms with van der Waals surface area (Å²) in [5, 5.41) is 0. The van der Waals surface area contributed by atoms with Gasteiger partial charge in [0.05, 0.1) is 5.57 Å². The molecule has 0 aliphatic rings. The van der Waals surface area contributed by atoms with Gasteiger partial charge in [-0.3, -0.25) is 0 Å². The zero-order chi connectivity index (χ0) is 16.4. The summed E-state index contributed by atoms with van der Waals surface area (Å²) in [7, 11) is 0. The Morgan fingerprint density at radius 3 is 1.82 bits per heavy atom. The summed E-state index contributed by atoms with van der Waals surface area (Å²) in [6.45, 7) is 6.22. The summed E-state index contributed by atoms with van der Waals surface area (Å²) in [6, 6.07) is 15.1. The highest BCUT2D eigenvalue weighted by atomic mass is 19.4. The molecule has 0 radical (unpaired) electrons. The number of hydrogen-bond donors (Lipinski definition) is 0. The van der Waals surface area contributed by atoms with Crippen molar-refractivity contribution in [3.63, 3.8) is 0 Å². The van der Waals surface area contributed by atoms with E-state index in [4.69, 9.17) is 0 Å². The van der Waals surface area contributed by atoms with E-state index in [-0.39, 0.29) is 11.0 Å². The van der Waals surface area contributed by atoms with Crippen molar-refractivity contribution in [1.29, 1.82) is 0 Å². The van der Waals surface area contributed by atoms with E-state index in [1.54, 1.807) is 30.3 Å². The van der Waals surface area contributed by atoms with Crippen LogP contribution in [0, 0.1) is 0 Å². The third kappa shape index (κ3) is 4.00. The van der Waals surface area contributed by atoms with Crippen LogP contribution in [-0.4, -0.2) is 6.18 Å². The summed E-state index contributed by atoms with van der Waals surface area (Å²) in [5.74, 6) is 0. The largest absolute Gasteiger partial charge is 0.417 e. The predicted octanol–water partition coefficient (Wildman–Crippen LogP) is 6.09. The average molecular weight is 304 g/mol. The molecule has 0 heterocycles. The van der Waals surface area contributed by atoms with Gasteiger partial charge in [0.1, 0.15) is 0 Å². The van der Waals surface area contributed by atoms with Crippen molar-refractivity contribution in [2.24, 2.45) is 0 Å². The molecule has 2 rings (SSSR count). The van der Waals surface area contributed by atoms with Gasteiger partial charge in [-0.25, -0.2) is 0 Å². The molecule has 2 aromatic rings. The fourth-order valence-electron chi connectivity index (χ4n) is 2.19. The third-order valence-corrected chi connectivity index (χ3v) is 3.48. The summed E-state index contributed by atoms with van der Waals surface area (Å²) in [4.78, 5) is 0. The van der Waals surface area contributed by atoms with Gasteiger partial charge in [-0.2, -0.15) is 13.2 Å². The molecule has 116 valence electrons. The summed E-state index contributed by atoms with van der Waals surface area (Å²) < 4.78 is 39.9. The molecule has 0 nitrogen and oxygen atoms in total. The number of allylic oxidation sites excluding steroid dienone is 1. The van der Waals surface area contributed by atoms with E-state index in [9.17, 15) is 13.2 Å². The second-order valence-electron chi connectivity index (χ2n) is 6.29. The van der Waals surface area contributed by atoms with Crippen LogP contribution in [0.25, 0.3) is 11.6 Å². The van der Waals surface area contributed by atoms with Crippen LogP contribution >= 0.6 is 0 Å². The number of hydrogen-bond acceptors (Lipinski definition) is 0. The summed E-state index contributed by atoms with van der Waals surface area (Å²) in [6.07, 6.45) is -3.19. The number of rotatable bonds is 2. The van der Waals surface area contributed by atoms with Gasteiger partial charge in [-0.15, -0.1) is 0 Å². The third-order valence-electron chi connectivity index (χ3n) is 3.48. The molecular formula is C19H19F3. The van der Waals surface area contributed by atoms with Crippen LogP contribution in [0.4, 0.5) is 13.2 Å². The first kappa shape index (κ1) is 16.3. The maximum absolute atomic E-state index is 13.3. The molecule has 0 bridgehead atoms. The van der Waals surface area contributed by atoms with Gasteiger partial charge in [0.2, 0.25) is 0 Å². The molecule has 0 amide bonds. The van der Waals surface area contributed by atoms with Gasteiger partial charge in [0, 0.05) is 0 Å². The maximum Gasteiger partial charge on any atom is 0.417 e. The molecule has 0 unspecified atom stereocenters. The normalized spacial score (nSPS) is 13.3. The number of alkyl halides is 3. The highest BCUT2D eigenvalue weighted by Gasteiger charge is 2.34. The van der Waals surface area contributed by atoms with Gasteiger partial charge < -0.3 is 0 Å². The first-order chi connectivity index (χ1) is 10.2. The Morgan fingerprint density at radius 2 is 1.36 bits per heavy atom. The Bertz CT molecular complexity index is 642. The first-order valence-corrected chi connectivity index (χ1v) is 7.13. The van der Waals surface area contributed by atoms with Gasteiger partial charge in [-0.1, -0.05) is 75.4 Å². The Balaban J connectivity index is 2.43. The van der Waals surface area contributed by atoms with E-state index in [1.165, 1.54) is 18.2 Å². The monoisotopic (exact) mass is 304 g/mol. The van der Waals surface area contributed by atoms with Crippen molar-refractivity contribution in [2.75, 3.05) is 0 Å². The van der Waals surface area contributed by atoms with E-state index in [0.717, 1.165) is 5.56 Å². The molecular weight excluding hydrogens is 285 g/mol. The molecule has 0 aliphatic heterocycles. The molecule has 0 fully saturated rings. The van der Waals surface area contributed by atoms with Crippen LogP contribution in [0.5, 0.6) is 0 Å². The van der Waals surface area contributed by atoms with Crippen LogP contribution in [-0.2, 0) is 5.41 Å². The lowest BCUT2D eigenvalue weighted by Gasteiger charge is -2.19. The van der Waals surface area contributed by atoms with E-state index >= 15 is 0 Å². The highest BCUT2D eigenvalue weighted by Crippen LogP contribution is 2.35. The van der Waals surface area contributed by atoms with Crippen LogP contribution in [0.15, 0.2) is 54.6 Å². The van der Waals surface area contributed by atoms with E-state index < -0.39 is 11.7 Å². The van der Waals surface area contributed by atoms with Crippen molar-refractivity contribution < 1.29 is 13.2 Å². The molecule has 0 spiro atoms. The Morgan fingerprint density at radius 1 is 0.818 bits per heavy atom. The van der Waals surface area contributed by atoms with Crippen molar-refractivity contribution in [1.82, 2.24) is 0 Å². The summed E-state index contributed by atoms with van der Waals surface area (Å²) >= 11 is 0. The molecule has 0 saturated carbocycles. The van der Waals surface area contributed by atoms with E-state index in [1.807, 2.05) is 12.1 Å². The topological polar surface area (TPSA) is 0 Å². The van der Waals surface area contributed by atoms with Crippen LogP contribution < -0.4 is 0 Å². The maximum atomic E-state index is 13.3. The van der Waals surface area contributed by atoms with Gasteiger partial charge in [-0.05, 0) is 28.2 Å². The van der Waals surface area contributed by atoms with Gasteiger partial charge >= 0.3 is 6.18 Å². The second-order valence-corrected chi connectivity index (χ2v) is 6.29. The molecule has 0 aliphatic carbocycles. The van der Waals surface area contributed by atoms with Crippen LogP contribution in [0.1, 0.15) is 37.5 Å². The Hall–Kier alpha value is -2.03. The number of benzene rings is 2. The Labute approximate surface area is 129 Å². The quantitative estimate of drug-likeness (QED) is 0.589. The minimum atomic E-state index is -4.38. The van der Waals surface area contributed by atoms with Crippen LogP contribution in [0.2, 0.25) is 0 Å². The second kappa shape index (κ2) is 5.99. The first-order valence-electron chi connectivity index (χ1n) is 7.13. The molecule has 0 aromatic heterocycles. The van der Waals surface area contributed by atoms with E-state index in [2.05, 4.69) is 20.8 Å². The van der Waals surface area contributed by atoms with Crippen LogP contribution in [0.3, 0.4) is 0 Å². The SMILES string of the molecule is CC(C)(C)c1ccc(/C=C(\c2ccccc2)C(F)(F)F)cc1. The van der Waals surface area contributed by atoms with Crippen molar-refractivity contribution >= 4 is 11.6 Å². The minimum absolute atomic E-state index is 0.0193. The van der Waals surface area contributed by atoms with Crippen molar-refractivity contribution in [2.45, 2.75) is 32.4 Å². The molecule has 22 heavy (non-hydrogen) atoms. The zero-order valence-electron chi connectivity index (χ0n) is 12.9. The standard InChI is InChI=1S/C19H19F3/c1-18(2,3)16-11-9-14(10-12-16)13-17(19(20,21)22)15-7-5-4-6-8-15/h4-13H,1-3H3/b17-13+. The smallest absolute Gasteiger partial charge is 0.166 e. The lowest BCUT2D eigenvalue weighted by molar-refractivity contribution is -0.0683. The average Bonchev–Trinajstić information content (AvgIpc) is 2.44. The fourth-order valence-corrected chi connectivity index (χ4v) is 2.19. The van der Waals surface area contributed by atoms with E-state index in [0.29, 0.717) is 5.56 Å². The predicted molar refractivity (Wildman–Crippen MR) is 85.5 cm³/mol. The van der Waals surface area contributed by atoms with Crippen molar-refractivity contribution in [3.05, 3.63) is 71.3 Å². The molecule has 0 N–H and O–H groups in total. The van der Waals surface area contributed by atoms with Gasteiger partial charge in [0.15, 0.2) is 0 Å². The van der Waals surface area contributed by atoms with Crippen molar-refractivity contribution in [3.8, 4) is 0 Å². The molecule has 3 heteroatoms. The fraction of sp³-hybridized carbons (Fsp3) is 0.263. The zero-order valence-corrected chi connectivity index (χ0v) is 12.9. The number of halogens is 3. The summed E-state index contributed by atoms with van der Waals surface area (Å²) in [5.41, 5.74) is 1.17. The molecule has 0 saturated heterocycles.